The van der Waals surface area contributed by atoms with E-state index in [-0.39, 0.29) is 0 Å². The lowest BCUT2D eigenvalue weighted by molar-refractivity contribution is 0.893. The van der Waals surface area contributed by atoms with Crippen molar-refractivity contribution in [2.75, 3.05) is 23.8 Å². The molecule has 0 saturated carbocycles. The SMILES string of the molecule is CCNc1nccc(N(C)Cc2csc(Br)c2)n1. The van der Waals surface area contributed by atoms with Gasteiger partial charge < -0.3 is 10.2 Å². The van der Waals surface area contributed by atoms with E-state index in [9.17, 15) is 0 Å². The van der Waals surface area contributed by atoms with E-state index >= 15 is 0 Å². The second-order valence-electron chi connectivity index (χ2n) is 3.88. The molecule has 2 rings (SSSR count). The molecule has 0 fully saturated rings. The summed E-state index contributed by atoms with van der Waals surface area (Å²) in [5.41, 5.74) is 1.28. The van der Waals surface area contributed by atoms with Gasteiger partial charge in [-0.1, -0.05) is 0 Å². The van der Waals surface area contributed by atoms with Gasteiger partial charge in [-0.25, -0.2) is 4.98 Å². The Morgan fingerprint density at radius 3 is 3.00 bits per heavy atom. The molecule has 0 aromatic carbocycles. The first-order valence-electron chi connectivity index (χ1n) is 5.70. The molecular formula is C12H15BrN4S. The molecule has 96 valence electrons. The van der Waals surface area contributed by atoms with Crippen LogP contribution >= 0.6 is 27.3 Å². The van der Waals surface area contributed by atoms with Gasteiger partial charge in [-0.3, -0.25) is 0 Å². The van der Waals surface area contributed by atoms with E-state index in [0.717, 1.165) is 22.7 Å². The van der Waals surface area contributed by atoms with Crippen LogP contribution in [0.15, 0.2) is 27.5 Å². The first-order chi connectivity index (χ1) is 8.69. The van der Waals surface area contributed by atoms with Crippen LogP contribution in [0.1, 0.15) is 12.5 Å². The van der Waals surface area contributed by atoms with Crippen molar-refractivity contribution >= 4 is 39.0 Å². The average molecular weight is 327 g/mol. The lowest BCUT2D eigenvalue weighted by Gasteiger charge is -2.17. The summed E-state index contributed by atoms with van der Waals surface area (Å²) in [4.78, 5) is 10.7. The van der Waals surface area contributed by atoms with Gasteiger partial charge in [0.25, 0.3) is 0 Å². The number of thiophene rings is 1. The predicted molar refractivity (Wildman–Crippen MR) is 80.3 cm³/mol. The molecule has 2 aromatic rings. The zero-order valence-electron chi connectivity index (χ0n) is 10.4. The van der Waals surface area contributed by atoms with Gasteiger partial charge in [0.05, 0.1) is 3.79 Å². The Labute approximate surface area is 119 Å². The number of halogens is 1. The van der Waals surface area contributed by atoms with E-state index in [1.54, 1.807) is 17.5 Å². The van der Waals surface area contributed by atoms with Gasteiger partial charge in [0, 0.05) is 26.3 Å². The first-order valence-corrected chi connectivity index (χ1v) is 7.37. The van der Waals surface area contributed by atoms with Crippen LogP contribution in [0.3, 0.4) is 0 Å². The number of nitrogens with zero attached hydrogens (tertiary/aromatic N) is 3. The molecular weight excluding hydrogens is 312 g/mol. The largest absolute Gasteiger partial charge is 0.355 e. The maximum Gasteiger partial charge on any atom is 0.224 e. The summed E-state index contributed by atoms with van der Waals surface area (Å²) in [5, 5.41) is 5.26. The van der Waals surface area contributed by atoms with Gasteiger partial charge in [-0.15, -0.1) is 11.3 Å². The Balaban J connectivity index is 2.08. The Kier molecular flexibility index (Phi) is 4.54. The number of aromatic nitrogens is 2. The topological polar surface area (TPSA) is 41.1 Å². The molecule has 6 heteroatoms. The number of anilines is 2. The van der Waals surface area contributed by atoms with Crippen molar-refractivity contribution in [3.05, 3.63) is 33.1 Å². The molecule has 0 aliphatic rings. The highest BCUT2D eigenvalue weighted by atomic mass is 79.9. The van der Waals surface area contributed by atoms with Crippen LogP contribution in [0.2, 0.25) is 0 Å². The highest BCUT2D eigenvalue weighted by Crippen LogP contribution is 2.22. The molecule has 0 bridgehead atoms. The fourth-order valence-corrected chi connectivity index (χ4v) is 2.79. The van der Waals surface area contributed by atoms with E-state index in [0.29, 0.717) is 5.95 Å². The fourth-order valence-electron chi connectivity index (χ4n) is 1.59. The van der Waals surface area contributed by atoms with Crippen LogP contribution in [0.4, 0.5) is 11.8 Å². The van der Waals surface area contributed by atoms with Crippen LogP contribution in [0.5, 0.6) is 0 Å². The molecule has 0 radical (unpaired) electrons. The van der Waals surface area contributed by atoms with E-state index in [2.05, 4.69) is 47.6 Å². The molecule has 0 spiro atoms. The van der Waals surface area contributed by atoms with Crippen LogP contribution in [-0.4, -0.2) is 23.6 Å². The number of nitrogens with one attached hydrogen (secondary N) is 1. The van der Waals surface area contributed by atoms with Crippen LogP contribution in [0.25, 0.3) is 0 Å². The van der Waals surface area contributed by atoms with Gasteiger partial charge >= 0.3 is 0 Å². The highest BCUT2D eigenvalue weighted by Gasteiger charge is 2.06. The van der Waals surface area contributed by atoms with E-state index < -0.39 is 0 Å². The third kappa shape index (κ3) is 3.43. The summed E-state index contributed by atoms with van der Waals surface area (Å²) in [5.74, 6) is 1.59. The molecule has 18 heavy (non-hydrogen) atoms. The lowest BCUT2D eigenvalue weighted by atomic mass is 10.3. The lowest BCUT2D eigenvalue weighted by Crippen LogP contribution is -2.18. The number of hydrogen-bond acceptors (Lipinski definition) is 5. The third-order valence-corrected chi connectivity index (χ3v) is 3.96. The van der Waals surface area contributed by atoms with Gasteiger partial charge in [0.15, 0.2) is 0 Å². The summed E-state index contributed by atoms with van der Waals surface area (Å²) in [6.07, 6.45) is 1.78. The Morgan fingerprint density at radius 1 is 1.50 bits per heavy atom. The maximum absolute atomic E-state index is 4.46. The maximum atomic E-state index is 4.46. The normalized spacial score (nSPS) is 10.4. The van der Waals surface area contributed by atoms with E-state index in [1.807, 2.05) is 20.0 Å². The zero-order valence-corrected chi connectivity index (χ0v) is 12.8. The number of rotatable bonds is 5. The van der Waals surface area contributed by atoms with Gasteiger partial charge in [-0.05, 0) is 45.9 Å². The second kappa shape index (κ2) is 6.15. The van der Waals surface area contributed by atoms with Crippen molar-refractivity contribution in [3.8, 4) is 0 Å². The van der Waals surface area contributed by atoms with Gasteiger partial charge in [-0.2, -0.15) is 4.98 Å². The van der Waals surface area contributed by atoms with Crippen molar-refractivity contribution in [1.29, 1.82) is 0 Å². The second-order valence-corrected chi connectivity index (χ2v) is 6.17. The number of hydrogen-bond donors (Lipinski definition) is 1. The minimum absolute atomic E-state index is 0.674. The van der Waals surface area contributed by atoms with Crippen molar-refractivity contribution in [2.45, 2.75) is 13.5 Å². The molecule has 4 nitrogen and oxygen atoms in total. The predicted octanol–water partition coefficient (Wildman–Crippen LogP) is 3.37. The minimum Gasteiger partial charge on any atom is -0.355 e. The van der Waals surface area contributed by atoms with Crippen LogP contribution < -0.4 is 10.2 Å². The molecule has 0 atom stereocenters. The van der Waals surface area contributed by atoms with Gasteiger partial charge in [0.2, 0.25) is 5.95 Å². The minimum atomic E-state index is 0.674. The molecule has 1 N–H and O–H groups in total. The highest BCUT2D eigenvalue weighted by molar-refractivity contribution is 9.11. The van der Waals surface area contributed by atoms with Crippen molar-refractivity contribution in [3.63, 3.8) is 0 Å². The smallest absolute Gasteiger partial charge is 0.224 e. The first kappa shape index (κ1) is 13.3. The fraction of sp³-hybridized carbons (Fsp3) is 0.333. The average Bonchev–Trinajstić information content (AvgIpc) is 2.75. The molecule has 0 aliphatic heterocycles. The van der Waals surface area contributed by atoms with Crippen molar-refractivity contribution in [1.82, 2.24) is 9.97 Å². The third-order valence-electron chi connectivity index (χ3n) is 2.41. The van der Waals surface area contributed by atoms with Crippen LogP contribution in [-0.2, 0) is 6.54 Å². The summed E-state index contributed by atoms with van der Waals surface area (Å²) in [6, 6.07) is 4.05. The van der Waals surface area contributed by atoms with E-state index in [4.69, 9.17) is 0 Å². The monoisotopic (exact) mass is 326 g/mol. The summed E-state index contributed by atoms with van der Waals surface area (Å²) < 4.78 is 1.15. The summed E-state index contributed by atoms with van der Waals surface area (Å²) in [6.45, 7) is 3.69. The standard InChI is InChI=1S/C12H15BrN4S/c1-3-14-12-15-5-4-11(16-12)17(2)7-9-6-10(13)18-8-9/h4-6,8H,3,7H2,1-2H3,(H,14,15,16). The van der Waals surface area contributed by atoms with Crippen LogP contribution in [0, 0.1) is 0 Å². The molecule has 0 aliphatic carbocycles. The summed E-state index contributed by atoms with van der Waals surface area (Å²) >= 11 is 5.17. The summed E-state index contributed by atoms with van der Waals surface area (Å²) in [7, 11) is 2.03. The van der Waals surface area contributed by atoms with Crippen molar-refractivity contribution < 1.29 is 0 Å². The Morgan fingerprint density at radius 2 is 2.33 bits per heavy atom. The molecule has 0 unspecified atom stereocenters. The Bertz CT molecular complexity index is 514. The molecule has 0 saturated heterocycles. The molecule has 2 aromatic heterocycles. The molecule has 0 amide bonds. The Hall–Kier alpha value is -1.14. The van der Waals surface area contributed by atoms with Gasteiger partial charge in [0.1, 0.15) is 5.82 Å². The van der Waals surface area contributed by atoms with Crippen molar-refractivity contribution in [2.24, 2.45) is 0 Å². The van der Waals surface area contributed by atoms with E-state index in [1.165, 1.54) is 5.56 Å². The quantitative estimate of drug-likeness (QED) is 0.914. The zero-order chi connectivity index (χ0) is 13.0. The molecule has 2 heterocycles.